The van der Waals surface area contributed by atoms with Crippen LogP contribution in [-0.2, 0) is 11.8 Å². The Morgan fingerprint density at radius 2 is 2.42 bits per heavy atom. The molecular formula is C6H8N3NaO2. The number of hydrogen-bond acceptors (Lipinski definition) is 4. The Hall–Kier alpha value is -0.360. The van der Waals surface area contributed by atoms with Crippen LogP contribution in [0.1, 0.15) is 11.9 Å². The molecule has 0 bridgehead atoms. The smallest absolute Gasteiger partial charge is 0.548 e. The van der Waals surface area contributed by atoms with E-state index in [2.05, 4.69) is 4.98 Å². The average Bonchev–Trinajstić information content (AvgIpc) is 2.33. The Morgan fingerprint density at radius 1 is 1.83 bits per heavy atom. The minimum atomic E-state index is -1.32. The molecule has 0 aromatic carbocycles. The van der Waals surface area contributed by atoms with Crippen LogP contribution in [-0.4, -0.2) is 15.5 Å². The van der Waals surface area contributed by atoms with E-state index in [1.165, 1.54) is 6.20 Å². The largest absolute Gasteiger partial charge is 1.00 e. The van der Waals surface area contributed by atoms with Crippen LogP contribution < -0.4 is 40.4 Å². The Kier molecular flexibility index (Phi) is 4.47. The third-order valence-corrected chi connectivity index (χ3v) is 1.39. The second-order valence-corrected chi connectivity index (χ2v) is 2.19. The van der Waals surface area contributed by atoms with E-state index in [9.17, 15) is 9.90 Å². The van der Waals surface area contributed by atoms with Crippen molar-refractivity contribution < 1.29 is 39.5 Å². The van der Waals surface area contributed by atoms with Crippen molar-refractivity contribution in [2.24, 2.45) is 12.8 Å². The first kappa shape index (κ1) is 11.6. The zero-order valence-electron chi connectivity index (χ0n) is 7.02. The van der Waals surface area contributed by atoms with Gasteiger partial charge in [0.25, 0.3) is 0 Å². The Bertz CT molecular complexity index is 274. The first-order valence-corrected chi connectivity index (χ1v) is 3.06. The van der Waals surface area contributed by atoms with Crippen molar-refractivity contribution in [2.45, 2.75) is 6.04 Å². The molecule has 1 aromatic rings. The number of carbonyl (C=O) groups excluding carboxylic acids is 1. The fraction of sp³-hybridized carbons (Fsp3) is 0.333. The van der Waals surface area contributed by atoms with Crippen LogP contribution in [0, 0.1) is 0 Å². The molecule has 1 atom stereocenters. The summed E-state index contributed by atoms with van der Waals surface area (Å²) in [5, 5.41) is 10.3. The van der Waals surface area contributed by atoms with Crippen LogP contribution in [0.3, 0.4) is 0 Å². The maximum atomic E-state index is 10.3. The molecule has 12 heavy (non-hydrogen) atoms. The number of carboxylic acids is 1. The maximum Gasteiger partial charge on any atom is 1.00 e. The SMILES string of the molecule is Cn1ccnc1C(N)C(=O)[O-].[Na+]. The molecule has 0 spiro atoms. The number of carboxylic acid groups (broad SMARTS) is 1. The molecule has 1 unspecified atom stereocenters. The molecule has 1 heterocycles. The molecule has 1 aromatic heterocycles. The monoisotopic (exact) mass is 177 g/mol. The molecule has 60 valence electrons. The number of aromatic nitrogens is 2. The Labute approximate surface area is 91.9 Å². The van der Waals surface area contributed by atoms with Crippen molar-refractivity contribution in [1.82, 2.24) is 9.55 Å². The summed E-state index contributed by atoms with van der Waals surface area (Å²) in [6.45, 7) is 0. The summed E-state index contributed by atoms with van der Waals surface area (Å²) in [7, 11) is 1.67. The van der Waals surface area contributed by atoms with Gasteiger partial charge in [-0.1, -0.05) is 0 Å². The van der Waals surface area contributed by atoms with Crippen LogP contribution in [0.25, 0.3) is 0 Å². The topological polar surface area (TPSA) is 84.0 Å². The van der Waals surface area contributed by atoms with Gasteiger partial charge in [-0.2, -0.15) is 0 Å². The quantitative estimate of drug-likeness (QED) is 0.459. The second-order valence-electron chi connectivity index (χ2n) is 2.19. The average molecular weight is 177 g/mol. The molecule has 5 nitrogen and oxygen atoms in total. The van der Waals surface area contributed by atoms with E-state index in [1.54, 1.807) is 17.8 Å². The van der Waals surface area contributed by atoms with Gasteiger partial charge in [-0.15, -0.1) is 0 Å². The van der Waals surface area contributed by atoms with Gasteiger partial charge in [0.05, 0.1) is 5.97 Å². The van der Waals surface area contributed by atoms with E-state index < -0.39 is 12.0 Å². The van der Waals surface area contributed by atoms with Crippen LogP contribution in [0.15, 0.2) is 12.4 Å². The standard InChI is InChI=1S/C6H9N3O2.Na/c1-9-3-2-8-5(9)4(7)6(10)11;/h2-4H,7H2,1H3,(H,10,11);/q;+1/p-1. The zero-order valence-corrected chi connectivity index (χ0v) is 9.02. The number of imidazole rings is 1. The molecule has 6 heteroatoms. The van der Waals surface area contributed by atoms with Gasteiger partial charge in [0.15, 0.2) is 0 Å². The van der Waals surface area contributed by atoms with Gasteiger partial charge in [-0.3, -0.25) is 0 Å². The predicted octanol–water partition coefficient (Wildman–Crippen LogP) is -4.83. The number of hydrogen-bond donors (Lipinski definition) is 1. The number of carbonyl (C=O) groups is 1. The first-order valence-electron chi connectivity index (χ1n) is 3.06. The van der Waals surface area contributed by atoms with Gasteiger partial charge in [-0.05, 0) is 0 Å². The molecule has 0 amide bonds. The van der Waals surface area contributed by atoms with E-state index >= 15 is 0 Å². The number of rotatable bonds is 2. The van der Waals surface area contributed by atoms with Crippen LogP contribution in [0.5, 0.6) is 0 Å². The van der Waals surface area contributed by atoms with Gasteiger partial charge >= 0.3 is 29.6 Å². The van der Waals surface area contributed by atoms with E-state index in [0.29, 0.717) is 5.82 Å². The number of aliphatic carboxylic acids is 1. The molecule has 0 aliphatic carbocycles. The van der Waals surface area contributed by atoms with Gasteiger partial charge < -0.3 is 20.2 Å². The summed E-state index contributed by atoms with van der Waals surface area (Å²) in [5.74, 6) is -1.02. The van der Waals surface area contributed by atoms with Crippen molar-refractivity contribution in [3.8, 4) is 0 Å². The van der Waals surface area contributed by atoms with Crippen molar-refractivity contribution in [1.29, 1.82) is 0 Å². The third-order valence-electron chi connectivity index (χ3n) is 1.39. The van der Waals surface area contributed by atoms with Crippen LogP contribution in [0.2, 0.25) is 0 Å². The van der Waals surface area contributed by atoms with Gasteiger partial charge in [0.1, 0.15) is 11.9 Å². The van der Waals surface area contributed by atoms with Gasteiger partial charge in [0, 0.05) is 19.4 Å². The summed E-state index contributed by atoms with van der Waals surface area (Å²) in [6, 6.07) is -1.14. The Morgan fingerprint density at radius 3 is 2.75 bits per heavy atom. The molecule has 2 N–H and O–H groups in total. The van der Waals surface area contributed by atoms with Gasteiger partial charge in [0.2, 0.25) is 0 Å². The molecule has 0 aliphatic heterocycles. The second kappa shape index (κ2) is 4.61. The van der Waals surface area contributed by atoms with E-state index in [1.807, 2.05) is 0 Å². The summed E-state index contributed by atoms with van der Waals surface area (Å²) >= 11 is 0. The normalized spacial score (nSPS) is 11.8. The summed E-state index contributed by atoms with van der Waals surface area (Å²) < 4.78 is 1.54. The van der Waals surface area contributed by atoms with Crippen LogP contribution >= 0.6 is 0 Å². The number of aryl methyl sites for hydroxylation is 1. The van der Waals surface area contributed by atoms with E-state index in [0.717, 1.165) is 0 Å². The van der Waals surface area contributed by atoms with E-state index in [-0.39, 0.29) is 29.6 Å². The molecule has 0 radical (unpaired) electrons. The maximum absolute atomic E-state index is 10.3. The fourth-order valence-corrected chi connectivity index (χ4v) is 0.782. The fourth-order valence-electron chi connectivity index (χ4n) is 0.782. The van der Waals surface area contributed by atoms with Crippen molar-refractivity contribution in [3.05, 3.63) is 18.2 Å². The van der Waals surface area contributed by atoms with Crippen molar-refractivity contribution in [3.63, 3.8) is 0 Å². The summed E-state index contributed by atoms with van der Waals surface area (Å²) in [5.41, 5.74) is 5.24. The van der Waals surface area contributed by atoms with Crippen LogP contribution in [0.4, 0.5) is 0 Å². The third kappa shape index (κ3) is 2.31. The zero-order chi connectivity index (χ0) is 8.43. The number of nitrogens with two attached hydrogens (primary N) is 1. The first-order chi connectivity index (χ1) is 5.13. The van der Waals surface area contributed by atoms with E-state index in [4.69, 9.17) is 5.73 Å². The summed E-state index contributed by atoms with van der Waals surface area (Å²) in [6.07, 6.45) is 3.11. The molecule has 0 fully saturated rings. The minimum Gasteiger partial charge on any atom is -0.548 e. The van der Waals surface area contributed by atoms with Crippen molar-refractivity contribution in [2.75, 3.05) is 0 Å². The Balaban J connectivity index is 0.00000121. The molecular weight excluding hydrogens is 169 g/mol. The predicted molar refractivity (Wildman–Crippen MR) is 35.1 cm³/mol. The minimum absolute atomic E-state index is 0. The van der Waals surface area contributed by atoms with Gasteiger partial charge in [-0.25, -0.2) is 4.98 Å². The molecule has 0 saturated carbocycles. The number of nitrogens with zero attached hydrogens (tertiary/aromatic N) is 2. The molecule has 0 aliphatic rings. The van der Waals surface area contributed by atoms with Crippen molar-refractivity contribution >= 4 is 5.97 Å². The molecule has 0 saturated heterocycles. The summed E-state index contributed by atoms with van der Waals surface area (Å²) in [4.78, 5) is 14.0. The molecule has 1 rings (SSSR count).